The first-order chi connectivity index (χ1) is 12.7. The van der Waals surface area contributed by atoms with Crippen LogP contribution in [0.3, 0.4) is 0 Å². The van der Waals surface area contributed by atoms with Gasteiger partial charge < -0.3 is 16.2 Å². The van der Waals surface area contributed by atoms with Gasteiger partial charge in [-0.3, -0.25) is 9.48 Å². The van der Waals surface area contributed by atoms with Gasteiger partial charge in [-0.05, 0) is 30.3 Å². The second-order valence-electron chi connectivity index (χ2n) is 5.64. The molecule has 0 radical (unpaired) electrons. The molecule has 10 heteroatoms. The van der Waals surface area contributed by atoms with Gasteiger partial charge in [0.1, 0.15) is 17.4 Å². The Morgan fingerprint density at radius 1 is 1.22 bits per heavy atom. The van der Waals surface area contributed by atoms with Crippen molar-refractivity contribution in [1.82, 2.24) is 14.8 Å². The molecule has 140 valence electrons. The van der Waals surface area contributed by atoms with Crippen LogP contribution < -0.4 is 11.1 Å². The smallest absolute Gasteiger partial charge is 0.435 e. The van der Waals surface area contributed by atoms with Crippen LogP contribution in [-0.2, 0) is 13.2 Å². The summed E-state index contributed by atoms with van der Waals surface area (Å²) in [6.45, 7) is 0. The number of amides is 1. The van der Waals surface area contributed by atoms with Gasteiger partial charge in [-0.25, -0.2) is 4.98 Å². The van der Waals surface area contributed by atoms with E-state index in [1.54, 1.807) is 12.1 Å². The predicted octanol–water partition coefficient (Wildman–Crippen LogP) is 3.04. The molecule has 27 heavy (non-hydrogen) atoms. The van der Waals surface area contributed by atoms with Crippen molar-refractivity contribution in [3.8, 4) is 17.0 Å². The van der Waals surface area contributed by atoms with E-state index in [1.165, 1.54) is 31.3 Å². The summed E-state index contributed by atoms with van der Waals surface area (Å²) in [5.41, 5.74) is 5.22. The van der Waals surface area contributed by atoms with Crippen LogP contribution in [0.4, 0.5) is 24.8 Å². The summed E-state index contributed by atoms with van der Waals surface area (Å²) >= 11 is 0. The number of aromatic hydroxyl groups is 1. The maximum Gasteiger partial charge on any atom is 0.435 e. The fraction of sp³-hybridized carbons (Fsp3) is 0.118. The van der Waals surface area contributed by atoms with E-state index < -0.39 is 17.8 Å². The highest BCUT2D eigenvalue weighted by Gasteiger charge is 2.35. The third-order valence-corrected chi connectivity index (χ3v) is 3.76. The van der Waals surface area contributed by atoms with Gasteiger partial charge in [0.25, 0.3) is 5.91 Å². The monoisotopic (exact) mass is 377 g/mol. The molecule has 1 aromatic carbocycles. The van der Waals surface area contributed by atoms with Gasteiger partial charge in [0.2, 0.25) is 0 Å². The number of aryl methyl sites for hydroxylation is 1. The number of nitrogens with zero attached hydrogens (tertiary/aromatic N) is 3. The van der Waals surface area contributed by atoms with Crippen LogP contribution in [0.25, 0.3) is 11.3 Å². The molecule has 0 spiro atoms. The van der Waals surface area contributed by atoms with E-state index in [1.807, 2.05) is 0 Å². The summed E-state index contributed by atoms with van der Waals surface area (Å²) in [6, 6.07) is 9.63. The number of pyridine rings is 1. The number of phenols is 1. The molecular weight excluding hydrogens is 363 g/mol. The molecule has 7 nitrogen and oxygen atoms in total. The zero-order chi connectivity index (χ0) is 19.8. The number of nitrogen functional groups attached to an aromatic ring is 1. The lowest BCUT2D eigenvalue weighted by Crippen LogP contribution is -2.13. The lowest BCUT2D eigenvalue weighted by Gasteiger charge is -2.09. The fourth-order valence-electron chi connectivity index (χ4n) is 2.47. The van der Waals surface area contributed by atoms with Gasteiger partial charge in [-0.1, -0.05) is 12.1 Å². The number of nitrogens with one attached hydrogen (secondary N) is 1. The number of aromatic nitrogens is 3. The van der Waals surface area contributed by atoms with E-state index in [4.69, 9.17) is 5.73 Å². The number of para-hydroxylation sites is 1. The Balaban J connectivity index is 1.88. The molecule has 0 saturated heterocycles. The summed E-state index contributed by atoms with van der Waals surface area (Å²) in [5.74, 6) is -0.800. The van der Waals surface area contributed by atoms with Gasteiger partial charge in [-0.2, -0.15) is 18.3 Å². The second-order valence-corrected chi connectivity index (χ2v) is 5.64. The third kappa shape index (κ3) is 3.68. The Labute approximate surface area is 151 Å². The molecule has 1 amide bonds. The zero-order valence-corrected chi connectivity index (χ0v) is 13.9. The Hall–Kier alpha value is -3.56. The molecule has 2 heterocycles. The molecule has 0 aliphatic carbocycles. The number of hydrogen-bond donors (Lipinski definition) is 3. The second kappa shape index (κ2) is 6.63. The highest BCUT2D eigenvalue weighted by atomic mass is 19.4. The van der Waals surface area contributed by atoms with E-state index in [2.05, 4.69) is 15.4 Å². The van der Waals surface area contributed by atoms with Crippen LogP contribution in [0.5, 0.6) is 5.75 Å². The van der Waals surface area contributed by atoms with Crippen molar-refractivity contribution >= 4 is 17.5 Å². The summed E-state index contributed by atoms with van der Waals surface area (Å²) in [4.78, 5) is 16.2. The van der Waals surface area contributed by atoms with Crippen LogP contribution in [0, 0.1) is 0 Å². The number of benzene rings is 1. The van der Waals surface area contributed by atoms with Crippen LogP contribution >= 0.6 is 0 Å². The number of rotatable bonds is 3. The molecule has 0 fully saturated rings. The first-order valence-corrected chi connectivity index (χ1v) is 7.64. The van der Waals surface area contributed by atoms with Crippen LogP contribution in [0.1, 0.15) is 16.1 Å². The average Bonchev–Trinajstić information content (AvgIpc) is 2.97. The Morgan fingerprint density at radius 2 is 1.93 bits per heavy atom. The Bertz CT molecular complexity index is 1010. The van der Waals surface area contributed by atoms with Gasteiger partial charge in [-0.15, -0.1) is 0 Å². The van der Waals surface area contributed by atoms with Gasteiger partial charge >= 0.3 is 6.18 Å². The van der Waals surface area contributed by atoms with Crippen molar-refractivity contribution in [3.05, 3.63) is 53.7 Å². The fourth-order valence-corrected chi connectivity index (χ4v) is 2.47. The van der Waals surface area contributed by atoms with E-state index in [-0.39, 0.29) is 34.2 Å². The molecular formula is C17H14F3N5O2. The minimum absolute atomic E-state index is 0.0448. The summed E-state index contributed by atoms with van der Waals surface area (Å²) in [6.07, 6.45) is -4.58. The molecule has 0 aliphatic rings. The first kappa shape index (κ1) is 18.2. The van der Waals surface area contributed by atoms with Crippen LogP contribution in [0.15, 0.2) is 42.5 Å². The molecule has 3 rings (SSSR count). The highest BCUT2D eigenvalue weighted by molar-refractivity contribution is 6.05. The van der Waals surface area contributed by atoms with E-state index in [9.17, 15) is 23.1 Å². The van der Waals surface area contributed by atoms with E-state index in [0.717, 1.165) is 10.7 Å². The molecule has 4 N–H and O–H groups in total. The largest absolute Gasteiger partial charge is 0.507 e. The Morgan fingerprint density at radius 3 is 2.52 bits per heavy atom. The van der Waals surface area contributed by atoms with Crippen LogP contribution in [-0.4, -0.2) is 25.8 Å². The molecule has 2 aromatic heterocycles. The third-order valence-electron chi connectivity index (χ3n) is 3.76. The number of nitrogens with two attached hydrogens (primary N) is 1. The number of carbonyl (C=O) groups is 1. The van der Waals surface area contributed by atoms with Gasteiger partial charge in [0.15, 0.2) is 5.69 Å². The lowest BCUT2D eigenvalue weighted by molar-refractivity contribution is -0.141. The minimum atomic E-state index is -4.58. The molecule has 0 aliphatic heterocycles. The van der Waals surface area contributed by atoms with Crippen molar-refractivity contribution in [1.29, 1.82) is 0 Å². The topological polar surface area (TPSA) is 106 Å². The summed E-state index contributed by atoms with van der Waals surface area (Å²) in [5, 5.41) is 15.6. The number of alkyl halides is 3. The number of carbonyl (C=O) groups excluding carboxylic acids is 1. The van der Waals surface area contributed by atoms with Crippen molar-refractivity contribution in [2.45, 2.75) is 6.18 Å². The van der Waals surface area contributed by atoms with Crippen molar-refractivity contribution < 1.29 is 23.1 Å². The van der Waals surface area contributed by atoms with Crippen LogP contribution in [0.2, 0.25) is 0 Å². The number of anilines is 2. The standard InChI is InChI=1S/C17H14F3N5O2/c1-25-11(8-13(24-25)17(18,19)20)9-6-7-14(22-15(9)21)23-16(27)10-4-2-3-5-12(10)26/h2-8,26H,1H3,(H3,21,22,23,27). The van der Waals surface area contributed by atoms with Gasteiger partial charge in [0.05, 0.1) is 11.3 Å². The number of hydrogen-bond acceptors (Lipinski definition) is 5. The number of phenolic OH excluding ortho intramolecular Hbond substituents is 1. The quantitative estimate of drug-likeness (QED) is 0.651. The molecule has 0 bridgehead atoms. The highest BCUT2D eigenvalue weighted by Crippen LogP contribution is 2.33. The maximum atomic E-state index is 12.8. The number of halogens is 3. The van der Waals surface area contributed by atoms with Crippen molar-refractivity contribution in [2.24, 2.45) is 7.05 Å². The molecule has 3 aromatic rings. The van der Waals surface area contributed by atoms with Gasteiger partial charge in [0, 0.05) is 12.6 Å². The summed E-state index contributed by atoms with van der Waals surface area (Å²) in [7, 11) is 1.36. The van der Waals surface area contributed by atoms with E-state index >= 15 is 0 Å². The SMILES string of the molecule is Cn1nc(C(F)(F)F)cc1-c1ccc(NC(=O)c2ccccc2O)nc1N. The molecule has 0 atom stereocenters. The van der Waals surface area contributed by atoms with E-state index in [0.29, 0.717) is 0 Å². The minimum Gasteiger partial charge on any atom is -0.507 e. The molecule has 0 unspecified atom stereocenters. The first-order valence-electron chi connectivity index (χ1n) is 7.64. The van der Waals surface area contributed by atoms with Crippen molar-refractivity contribution in [3.63, 3.8) is 0 Å². The Kier molecular flexibility index (Phi) is 4.48. The van der Waals surface area contributed by atoms with Crippen molar-refractivity contribution in [2.75, 3.05) is 11.1 Å². The predicted molar refractivity (Wildman–Crippen MR) is 91.9 cm³/mol. The maximum absolute atomic E-state index is 12.8. The zero-order valence-electron chi connectivity index (χ0n) is 13.9. The molecule has 0 saturated carbocycles. The normalized spacial score (nSPS) is 11.4. The average molecular weight is 377 g/mol. The summed E-state index contributed by atoms with van der Waals surface area (Å²) < 4.78 is 39.5. The lowest BCUT2D eigenvalue weighted by atomic mass is 10.1.